The Labute approximate surface area is 123 Å². The molecular weight excluding hydrogens is 321 g/mol. The van der Waals surface area contributed by atoms with Gasteiger partial charge in [0.1, 0.15) is 9.77 Å². The maximum atomic E-state index is 13.5. The number of methoxy groups -OCH3 is 1. The van der Waals surface area contributed by atoms with Gasteiger partial charge in [-0.25, -0.2) is 17.6 Å². The van der Waals surface area contributed by atoms with Gasteiger partial charge >= 0.3 is 5.97 Å². The van der Waals surface area contributed by atoms with Crippen molar-refractivity contribution in [2.24, 2.45) is 0 Å². The number of hydrogen-bond acceptors (Lipinski definition) is 5. The molecule has 1 heterocycles. The van der Waals surface area contributed by atoms with Crippen molar-refractivity contribution in [2.45, 2.75) is 4.90 Å². The number of rotatable bonds is 5. The lowest BCUT2D eigenvalue weighted by molar-refractivity contribution is 0.0698. The van der Waals surface area contributed by atoms with Gasteiger partial charge in [-0.3, -0.25) is 4.72 Å². The summed E-state index contributed by atoms with van der Waals surface area (Å²) in [5.41, 5.74) is -0.0316. The van der Waals surface area contributed by atoms with Crippen molar-refractivity contribution in [3.63, 3.8) is 0 Å². The smallest absolute Gasteiger partial charge is 0.347 e. The molecule has 0 amide bonds. The summed E-state index contributed by atoms with van der Waals surface area (Å²) in [6.07, 6.45) is 0. The number of carboxylic acids is 1. The highest BCUT2D eigenvalue weighted by molar-refractivity contribution is 7.93. The van der Waals surface area contributed by atoms with Crippen LogP contribution in [0.2, 0.25) is 0 Å². The van der Waals surface area contributed by atoms with Gasteiger partial charge in [0, 0.05) is 6.07 Å². The first kappa shape index (κ1) is 15.3. The minimum absolute atomic E-state index is 0.0280. The van der Waals surface area contributed by atoms with Crippen LogP contribution in [-0.4, -0.2) is 26.6 Å². The van der Waals surface area contributed by atoms with Gasteiger partial charge in [0.2, 0.25) is 0 Å². The second-order valence-electron chi connectivity index (χ2n) is 3.87. The lowest BCUT2D eigenvalue weighted by atomic mass is 10.3. The van der Waals surface area contributed by atoms with E-state index in [1.807, 2.05) is 0 Å². The topological polar surface area (TPSA) is 92.7 Å². The van der Waals surface area contributed by atoms with Gasteiger partial charge in [0.05, 0.1) is 12.8 Å². The van der Waals surface area contributed by atoms with E-state index >= 15 is 0 Å². The van der Waals surface area contributed by atoms with Crippen molar-refractivity contribution in [1.29, 1.82) is 0 Å². The fourth-order valence-electron chi connectivity index (χ4n) is 1.61. The Balaban J connectivity index is 2.35. The summed E-state index contributed by atoms with van der Waals surface area (Å²) < 4.78 is 44.6. The van der Waals surface area contributed by atoms with Crippen LogP contribution < -0.4 is 9.46 Å². The molecule has 0 atom stereocenters. The van der Waals surface area contributed by atoms with Crippen LogP contribution in [0.15, 0.2) is 34.5 Å². The number of halogens is 1. The van der Waals surface area contributed by atoms with E-state index in [4.69, 9.17) is 9.84 Å². The predicted octanol–water partition coefficient (Wildman–Crippen LogP) is 2.39. The number of sulfonamides is 1. The van der Waals surface area contributed by atoms with Gasteiger partial charge in [-0.15, -0.1) is 11.3 Å². The summed E-state index contributed by atoms with van der Waals surface area (Å²) in [5.74, 6) is -2.10. The van der Waals surface area contributed by atoms with Gasteiger partial charge in [0.25, 0.3) is 10.0 Å². The molecular formula is C12H10FNO5S2. The summed E-state index contributed by atoms with van der Waals surface area (Å²) in [5, 5.41) is 10.3. The SMILES string of the molecule is COc1ccc(NS(=O)(=O)c2ccsc2C(=O)O)cc1F. The average Bonchev–Trinajstić information content (AvgIpc) is 2.88. The van der Waals surface area contributed by atoms with Crippen LogP contribution in [0.3, 0.4) is 0 Å². The van der Waals surface area contributed by atoms with E-state index in [-0.39, 0.29) is 21.2 Å². The van der Waals surface area contributed by atoms with Crippen molar-refractivity contribution < 1.29 is 27.4 Å². The molecule has 1 aromatic carbocycles. The Morgan fingerprint density at radius 3 is 2.67 bits per heavy atom. The van der Waals surface area contributed by atoms with E-state index in [9.17, 15) is 17.6 Å². The van der Waals surface area contributed by atoms with Gasteiger partial charge < -0.3 is 9.84 Å². The van der Waals surface area contributed by atoms with Crippen LogP contribution in [0.25, 0.3) is 0 Å². The molecule has 0 fully saturated rings. The zero-order valence-corrected chi connectivity index (χ0v) is 12.3. The predicted molar refractivity (Wildman–Crippen MR) is 75.0 cm³/mol. The molecule has 2 rings (SSSR count). The number of hydrogen-bond donors (Lipinski definition) is 2. The number of carbonyl (C=O) groups is 1. The molecule has 2 aromatic rings. The van der Waals surface area contributed by atoms with Gasteiger partial charge in [-0.05, 0) is 23.6 Å². The maximum Gasteiger partial charge on any atom is 0.347 e. The first-order valence-corrected chi connectivity index (χ1v) is 7.88. The molecule has 112 valence electrons. The Morgan fingerprint density at radius 2 is 2.10 bits per heavy atom. The number of carboxylic acid groups (broad SMARTS) is 1. The third-order valence-corrected chi connectivity index (χ3v) is 4.97. The molecule has 0 saturated carbocycles. The van der Waals surface area contributed by atoms with E-state index in [0.717, 1.165) is 17.4 Å². The molecule has 0 unspecified atom stereocenters. The minimum atomic E-state index is -4.11. The average molecular weight is 331 g/mol. The molecule has 21 heavy (non-hydrogen) atoms. The molecule has 9 heteroatoms. The zero-order valence-electron chi connectivity index (χ0n) is 10.7. The number of benzene rings is 1. The Kier molecular flexibility index (Phi) is 4.14. The first-order chi connectivity index (χ1) is 9.85. The quantitative estimate of drug-likeness (QED) is 0.877. The summed E-state index contributed by atoms with van der Waals surface area (Å²) >= 11 is 0.792. The van der Waals surface area contributed by atoms with Crippen molar-refractivity contribution in [2.75, 3.05) is 11.8 Å². The van der Waals surface area contributed by atoms with Gasteiger partial charge in [0.15, 0.2) is 11.6 Å². The Morgan fingerprint density at radius 1 is 1.38 bits per heavy atom. The normalized spacial score (nSPS) is 11.1. The number of thiophene rings is 1. The summed E-state index contributed by atoms with van der Waals surface area (Å²) in [6, 6.07) is 4.70. The third-order valence-electron chi connectivity index (χ3n) is 2.52. The van der Waals surface area contributed by atoms with E-state index in [0.29, 0.717) is 0 Å². The lowest BCUT2D eigenvalue weighted by Gasteiger charge is -2.09. The number of ether oxygens (including phenoxy) is 1. The molecule has 0 bridgehead atoms. The van der Waals surface area contributed by atoms with Crippen molar-refractivity contribution >= 4 is 33.0 Å². The fraction of sp³-hybridized carbons (Fsp3) is 0.0833. The van der Waals surface area contributed by atoms with Crippen LogP contribution in [0.5, 0.6) is 5.75 Å². The molecule has 6 nitrogen and oxygen atoms in total. The standard InChI is InChI=1S/C12H10FNO5S2/c1-19-9-3-2-7(6-8(9)13)14-21(17,18)10-4-5-20-11(10)12(15)16/h2-6,14H,1H3,(H,15,16). The maximum absolute atomic E-state index is 13.5. The van der Waals surface area contributed by atoms with Crippen molar-refractivity contribution in [1.82, 2.24) is 0 Å². The minimum Gasteiger partial charge on any atom is -0.494 e. The molecule has 2 N–H and O–H groups in total. The van der Waals surface area contributed by atoms with Crippen LogP contribution in [0, 0.1) is 5.82 Å². The number of aromatic carboxylic acids is 1. The van der Waals surface area contributed by atoms with Crippen LogP contribution >= 0.6 is 11.3 Å². The van der Waals surface area contributed by atoms with Gasteiger partial charge in [-0.1, -0.05) is 0 Å². The lowest BCUT2D eigenvalue weighted by Crippen LogP contribution is -2.15. The molecule has 1 aromatic heterocycles. The highest BCUT2D eigenvalue weighted by atomic mass is 32.2. The van der Waals surface area contributed by atoms with Crippen LogP contribution in [0.4, 0.5) is 10.1 Å². The molecule has 0 aliphatic carbocycles. The van der Waals surface area contributed by atoms with Crippen LogP contribution in [-0.2, 0) is 10.0 Å². The zero-order chi connectivity index (χ0) is 15.6. The summed E-state index contributed by atoms with van der Waals surface area (Å²) in [6.45, 7) is 0. The Bertz CT molecular complexity index is 785. The summed E-state index contributed by atoms with van der Waals surface area (Å²) in [4.78, 5) is 10.3. The fourth-order valence-corrected chi connectivity index (χ4v) is 3.92. The number of anilines is 1. The number of nitrogens with one attached hydrogen (secondary N) is 1. The highest BCUT2D eigenvalue weighted by Gasteiger charge is 2.24. The monoisotopic (exact) mass is 331 g/mol. The summed E-state index contributed by atoms with van der Waals surface area (Å²) in [7, 11) is -2.83. The van der Waals surface area contributed by atoms with E-state index in [1.54, 1.807) is 0 Å². The van der Waals surface area contributed by atoms with E-state index in [2.05, 4.69) is 4.72 Å². The largest absolute Gasteiger partial charge is 0.494 e. The Hall–Kier alpha value is -2.13. The van der Waals surface area contributed by atoms with E-state index in [1.165, 1.54) is 30.7 Å². The second kappa shape index (κ2) is 5.70. The van der Waals surface area contributed by atoms with E-state index < -0.39 is 21.8 Å². The molecule has 0 aliphatic heterocycles. The second-order valence-corrected chi connectivity index (χ2v) is 6.44. The van der Waals surface area contributed by atoms with Gasteiger partial charge in [-0.2, -0.15) is 0 Å². The molecule has 0 radical (unpaired) electrons. The molecule has 0 saturated heterocycles. The molecule has 0 spiro atoms. The highest BCUT2D eigenvalue weighted by Crippen LogP contribution is 2.26. The first-order valence-electron chi connectivity index (χ1n) is 5.52. The van der Waals surface area contributed by atoms with Crippen molar-refractivity contribution in [3.8, 4) is 5.75 Å². The third kappa shape index (κ3) is 3.14. The molecule has 0 aliphatic rings. The van der Waals surface area contributed by atoms with Crippen LogP contribution in [0.1, 0.15) is 9.67 Å². The van der Waals surface area contributed by atoms with Crippen molar-refractivity contribution in [3.05, 3.63) is 40.3 Å².